The van der Waals surface area contributed by atoms with E-state index in [1.807, 2.05) is 42.6 Å². The Bertz CT molecular complexity index is 1030. The molecule has 3 aliphatic heterocycles. The maximum Gasteiger partial charge on any atom is 0.106 e. The van der Waals surface area contributed by atoms with Crippen molar-refractivity contribution in [1.82, 2.24) is 9.88 Å². The van der Waals surface area contributed by atoms with Crippen LogP contribution in [0.25, 0.3) is 10.9 Å². The van der Waals surface area contributed by atoms with Gasteiger partial charge in [0.2, 0.25) is 0 Å². The second-order valence-corrected chi connectivity index (χ2v) is 8.80. The molecular weight excluding hydrogens is 384 g/mol. The van der Waals surface area contributed by atoms with Crippen molar-refractivity contribution in [3.05, 3.63) is 90.6 Å². The average Bonchev–Trinajstić information content (AvgIpc) is 2.85. The summed E-state index contributed by atoms with van der Waals surface area (Å²) in [6.07, 6.45) is 5.82. The van der Waals surface area contributed by atoms with Gasteiger partial charge in [0.15, 0.2) is 0 Å². The third-order valence-electron chi connectivity index (χ3n) is 7.14. The lowest BCUT2D eigenvalue weighted by Gasteiger charge is -2.51. The molecule has 4 heterocycles. The Labute approximate surface area is 184 Å². The zero-order valence-corrected chi connectivity index (χ0v) is 17.8. The van der Waals surface area contributed by atoms with Crippen molar-refractivity contribution in [2.45, 2.75) is 31.1 Å². The van der Waals surface area contributed by atoms with Crippen LogP contribution in [0.4, 0.5) is 0 Å². The number of piperidine rings is 3. The molecule has 6 rings (SSSR count). The number of hydrogen-bond acceptors (Lipinski definition) is 4. The Morgan fingerprint density at radius 2 is 1.94 bits per heavy atom. The number of rotatable bonds is 7. The van der Waals surface area contributed by atoms with E-state index in [-0.39, 0.29) is 24.9 Å². The predicted molar refractivity (Wildman–Crippen MR) is 124 cm³/mol. The van der Waals surface area contributed by atoms with Crippen molar-refractivity contribution in [2.75, 3.05) is 19.7 Å². The van der Waals surface area contributed by atoms with Gasteiger partial charge in [0.25, 0.3) is 0 Å². The van der Waals surface area contributed by atoms with Crippen LogP contribution in [0.2, 0.25) is 0 Å². The molecule has 0 saturated carbocycles. The Kier molecular flexibility index (Phi) is 5.86. The van der Waals surface area contributed by atoms with Gasteiger partial charge in [-0.25, -0.2) is 0 Å². The molecule has 4 heteroatoms. The second kappa shape index (κ2) is 8.91. The number of ether oxygens (including phenoxy) is 1. The molecule has 2 bridgehead atoms. The third kappa shape index (κ3) is 3.91. The smallest absolute Gasteiger partial charge is 0.106 e. The minimum absolute atomic E-state index is 0.0467. The molecular formula is C27H30N2O2. The standard InChI is InChI=1S/C27H30N2O2/c1-2-19-17-29-15-13-21(19)16-25(29)27(31-26(18-30)20-8-4-3-5-9-20)23-12-14-28-24-11-7-6-10-22(23)24/h2-12,14,19,21,25-27,30H,1,13,15-18H2/t19-,21-,25+,26-,27+/m0/s1. The number of aliphatic hydroxyl groups excluding tert-OH is 1. The van der Waals surface area contributed by atoms with E-state index in [1.54, 1.807) is 0 Å². The molecule has 1 N–H and O–H groups in total. The molecule has 1 aromatic heterocycles. The molecule has 0 amide bonds. The molecule has 3 fully saturated rings. The summed E-state index contributed by atoms with van der Waals surface area (Å²) in [5.74, 6) is 1.21. The highest BCUT2D eigenvalue weighted by Gasteiger charge is 2.44. The summed E-state index contributed by atoms with van der Waals surface area (Å²) in [6, 6.07) is 20.7. The largest absolute Gasteiger partial charge is 0.393 e. The number of benzene rings is 2. The fourth-order valence-corrected chi connectivity index (χ4v) is 5.50. The lowest BCUT2D eigenvalue weighted by Crippen LogP contribution is -2.55. The summed E-state index contributed by atoms with van der Waals surface area (Å²) in [5.41, 5.74) is 3.15. The van der Waals surface area contributed by atoms with Gasteiger partial charge in [0.1, 0.15) is 6.10 Å². The quantitative estimate of drug-likeness (QED) is 0.557. The predicted octanol–water partition coefficient (Wildman–Crippen LogP) is 4.92. The Morgan fingerprint density at radius 1 is 1.13 bits per heavy atom. The molecule has 3 aromatic rings. The maximum atomic E-state index is 10.2. The Hall–Kier alpha value is -2.53. The molecule has 4 nitrogen and oxygen atoms in total. The number of aromatic nitrogens is 1. The van der Waals surface area contributed by atoms with Crippen LogP contribution in [0.5, 0.6) is 0 Å². The molecule has 3 saturated heterocycles. The van der Waals surface area contributed by atoms with Crippen molar-refractivity contribution in [1.29, 1.82) is 0 Å². The van der Waals surface area contributed by atoms with E-state index >= 15 is 0 Å². The van der Waals surface area contributed by atoms with E-state index in [9.17, 15) is 5.11 Å². The first-order valence-electron chi connectivity index (χ1n) is 11.3. The second-order valence-electron chi connectivity index (χ2n) is 8.80. The van der Waals surface area contributed by atoms with Crippen molar-refractivity contribution in [2.24, 2.45) is 11.8 Å². The summed E-state index contributed by atoms with van der Waals surface area (Å²) in [6.45, 7) is 6.16. The van der Waals surface area contributed by atoms with Crippen LogP contribution in [0.15, 0.2) is 79.5 Å². The number of nitrogens with zero attached hydrogens (tertiary/aromatic N) is 2. The van der Waals surface area contributed by atoms with Crippen molar-refractivity contribution in [3.63, 3.8) is 0 Å². The fourth-order valence-electron chi connectivity index (χ4n) is 5.50. The zero-order valence-electron chi connectivity index (χ0n) is 17.8. The van der Waals surface area contributed by atoms with Crippen LogP contribution in [-0.4, -0.2) is 40.7 Å². The van der Waals surface area contributed by atoms with Gasteiger partial charge >= 0.3 is 0 Å². The maximum absolute atomic E-state index is 10.2. The van der Waals surface area contributed by atoms with E-state index in [1.165, 1.54) is 6.42 Å². The molecule has 31 heavy (non-hydrogen) atoms. The molecule has 3 aliphatic rings. The van der Waals surface area contributed by atoms with Gasteiger partial charge in [-0.2, -0.15) is 0 Å². The topological polar surface area (TPSA) is 45.6 Å². The Balaban J connectivity index is 1.55. The average molecular weight is 415 g/mol. The minimum Gasteiger partial charge on any atom is -0.393 e. The number of aliphatic hydroxyl groups is 1. The van der Waals surface area contributed by atoms with E-state index in [0.717, 1.165) is 41.5 Å². The van der Waals surface area contributed by atoms with Gasteiger partial charge in [0, 0.05) is 24.2 Å². The normalized spacial score (nSPS) is 27.1. The summed E-state index contributed by atoms with van der Waals surface area (Å²) in [4.78, 5) is 7.14. The van der Waals surface area contributed by atoms with Gasteiger partial charge in [-0.05, 0) is 54.5 Å². The fraction of sp³-hybridized carbons (Fsp3) is 0.370. The van der Waals surface area contributed by atoms with Gasteiger partial charge in [-0.3, -0.25) is 9.88 Å². The van der Waals surface area contributed by atoms with E-state index in [2.05, 4.69) is 46.8 Å². The van der Waals surface area contributed by atoms with Crippen molar-refractivity contribution < 1.29 is 9.84 Å². The van der Waals surface area contributed by atoms with Gasteiger partial charge < -0.3 is 9.84 Å². The van der Waals surface area contributed by atoms with Crippen LogP contribution < -0.4 is 0 Å². The van der Waals surface area contributed by atoms with E-state index in [4.69, 9.17) is 4.74 Å². The third-order valence-corrected chi connectivity index (χ3v) is 7.14. The molecule has 0 radical (unpaired) electrons. The molecule has 2 aromatic carbocycles. The summed E-state index contributed by atoms with van der Waals surface area (Å²) < 4.78 is 6.80. The molecule has 0 spiro atoms. The number of pyridine rings is 1. The highest BCUT2D eigenvalue weighted by molar-refractivity contribution is 5.82. The number of para-hydroxylation sites is 1. The molecule has 0 aliphatic carbocycles. The number of fused-ring (bicyclic) bond motifs is 4. The SMILES string of the molecule is C=C[C@H]1CN2CC[C@H]1C[C@@H]2[C@H](O[C@@H](CO)c1ccccc1)c1ccnc2ccccc12. The Morgan fingerprint density at radius 3 is 2.68 bits per heavy atom. The summed E-state index contributed by atoms with van der Waals surface area (Å²) in [7, 11) is 0. The lowest BCUT2D eigenvalue weighted by molar-refractivity contribution is -0.113. The monoisotopic (exact) mass is 414 g/mol. The first-order valence-corrected chi connectivity index (χ1v) is 11.3. The lowest BCUT2D eigenvalue weighted by atomic mass is 9.73. The van der Waals surface area contributed by atoms with Crippen molar-refractivity contribution in [3.8, 4) is 0 Å². The number of hydrogen-bond donors (Lipinski definition) is 1. The first kappa shape index (κ1) is 20.4. The van der Waals surface area contributed by atoms with Gasteiger partial charge in [-0.15, -0.1) is 6.58 Å². The van der Waals surface area contributed by atoms with E-state index < -0.39 is 0 Å². The molecule has 6 atom stereocenters. The van der Waals surface area contributed by atoms with Crippen LogP contribution in [-0.2, 0) is 4.74 Å². The summed E-state index contributed by atoms with van der Waals surface area (Å²) in [5, 5.41) is 11.4. The zero-order chi connectivity index (χ0) is 21.2. The van der Waals surface area contributed by atoms with Crippen LogP contribution in [0.1, 0.15) is 36.2 Å². The highest BCUT2D eigenvalue weighted by Crippen LogP contribution is 2.44. The van der Waals surface area contributed by atoms with Crippen LogP contribution in [0.3, 0.4) is 0 Å². The van der Waals surface area contributed by atoms with Gasteiger partial charge in [0.05, 0.1) is 18.2 Å². The van der Waals surface area contributed by atoms with Crippen LogP contribution in [0, 0.1) is 11.8 Å². The molecule has 160 valence electrons. The van der Waals surface area contributed by atoms with Crippen LogP contribution >= 0.6 is 0 Å². The summed E-state index contributed by atoms with van der Waals surface area (Å²) >= 11 is 0. The highest BCUT2D eigenvalue weighted by atomic mass is 16.5. The minimum atomic E-state index is -0.366. The molecule has 1 unspecified atom stereocenters. The van der Waals surface area contributed by atoms with E-state index in [0.29, 0.717) is 11.8 Å². The van der Waals surface area contributed by atoms with Gasteiger partial charge in [-0.1, -0.05) is 54.6 Å². The van der Waals surface area contributed by atoms with Crippen molar-refractivity contribution >= 4 is 10.9 Å². The first-order chi connectivity index (χ1) is 15.3.